The number of rotatable bonds is 1. The third-order valence-electron chi connectivity index (χ3n) is 5.24. The van der Waals surface area contributed by atoms with Crippen molar-refractivity contribution in [3.8, 4) is 6.07 Å². The maximum absolute atomic E-state index is 12.6. The minimum atomic E-state index is -0.999. The number of fused-ring (bicyclic) bond motifs is 2. The van der Waals surface area contributed by atoms with E-state index in [2.05, 4.69) is 6.07 Å². The minimum Gasteiger partial charge on any atom is -0.444 e. The lowest BCUT2D eigenvalue weighted by atomic mass is 9.78. The van der Waals surface area contributed by atoms with Crippen molar-refractivity contribution in [1.29, 1.82) is 5.26 Å². The molecule has 1 aromatic rings. The summed E-state index contributed by atoms with van der Waals surface area (Å²) in [6.07, 6.45) is 2.44. The zero-order valence-corrected chi connectivity index (χ0v) is 15.4. The van der Waals surface area contributed by atoms with Gasteiger partial charge in [-0.1, -0.05) is 6.07 Å². The van der Waals surface area contributed by atoms with Crippen LogP contribution >= 0.6 is 0 Å². The maximum atomic E-state index is 12.6. The monoisotopic (exact) mass is 342 g/mol. The van der Waals surface area contributed by atoms with Crippen molar-refractivity contribution in [3.63, 3.8) is 0 Å². The maximum Gasteiger partial charge on any atom is 0.410 e. The Morgan fingerprint density at radius 1 is 1.32 bits per heavy atom. The highest BCUT2D eigenvalue weighted by atomic mass is 16.6. The highest BCUT2D eigenvalue weighted by molar-refractivity contribution is 5.70. The zero-order valence-electron chi connectivity index (χ0n) is 15.4. The van der Waals surface area contributed by atoms with Gasteiger partial charge in [-0.2, -0.15) is 5.26 Å². The molecule has 2 saturated heterocycles. The molecule has 2 bridgehead atoms. The first-order chi connectivity index (χ1) is 11.6. The molecule has 1 N–H and O–H groups in total. The normalized spacial score (nSPS) is 28.6. The summed E-state index contributed by atoms with van der Waals surface area (Å²) in [5.41, 5.74) is 0.818. The number of hydrogen-bond donors (Lipinski definition) is 1. The Morgan fingerprint density at radius 3 is 2.44 bits per heavy atom. The molecule has 3 rings (SSSR count). The molecule has 2 unspecified atom stereocenters. The molecular weight excluding hydrogens is 316 g/mol. The van der Waals surface area contributed by atoms with E-state index in [4.69, 9.17) is 4.74 Å². The fraction of sp³-hybridized carbons (Fsp3) is 0.600. The summed E-state index contributed by atoms with van der Waals surface area (Å²) < 4.78 is 5.55. The van der Waals surface area contributed by atoms with Crippen LogP contribution in [0.4, 0.5) is 4.79 Å². The Morgan fingerprint density at radius 2 is 1.92 bits per heavy atom. The number of amides is 1. The number of aryl methyl sites for hydroxylation is 1. The van der Waals surface area contributed by atoms with Crippen LogP contribution in [0.15, 0.2) is 18.2 Å². The van der Waals surface area contributed by atoms with Gasteiger partial charge in [0.25, 0.3) is 0 Å². The predicted molar refractivity (Wildman–Crippen MR) is 93.9 cm³/mol. The smallest absolute Gasteiger partial charge is 0.410 e. The van der Waals surface area contributed by atoms with Crippen LogP contribution in [0, 0.1) is 18.3 Å². The van der Waals surface area contributed by atoms with E-state index < -0.39 is 11.2 Å². The molecule has 25 heavy (non-hydrogen) atoms. The molecule has 134 valence electrons. The number of aliphatic hydroxyl groups is 1. The van der Waals surface area contributed by atoms with Gasteiger partial charge in [-0.3, -0.25) is 0 Å². The van der Waals surface area contributed by atoms with Crippen LogP contribution in [-0.4, -0.2) is 33.8 Å². The summed E-state index contributed by atoms with van der Waals surface area (Å²) in [4.78, 5) is 14.4. The first-order valence-electron chi connectivity index (χ1n) is 8.88. The summed E-state index contributed by atoms with van der Waals surface area (Å²) in [5, 5.41) is 20.5. The van der Waals surface area contributed by atoms with Crippen LogP contribution in [-0.2, 0) is 10.3 Å². The molecule has 2 aliphatic rings. The number of carbonyl (C=O) groups is 1. The molecule has 2 aliphatic heterocycles. The van der Waals surface area contributed by atoms with Crippen LogP contribution in [0.5, 0.6) is 0 Å². The molecule has 1 amide bonds. The number of benzene rings is 1. The number of piperidine rings is 1. The first kappa shape index (κ1) is 17.8. The van der Waals surface area contributed by atoms with Gasteiger partial charge in [-0.05, 0) is 63.8 Å². The molecular formula is C20H26N2O3. The van der Waals surface area contributed by atoms with Gasteiger partial charge in [-0.15, -0.1) is 0 Å². The zero-order chi connectivity index (χ0) is 18.4. The third-order valence-corrected chi connectivity index (χ3v) is 5.24. The van der Waals surface area contributed by atoms with Crippen LogP contribution < -0.4 is 0 Å². The van der Waals surface area contributed by atoms with Crippen molar-refractivity contribution in [3.05, 3.63) is 34.9 Å². The topological polar surface area (TPSA) is 73.6 Å². The second-order valence-electron chi connectivity index (χ2n) is 8.35. The molecule has 2 heterocycles. The lowest BCUT2D eigenvalue weighted by Crippen LogP contribution is -2.53. The standard InChI is InChI=1S/C20H26N2O3/c1-13-5-6-14(12-21)9-17(13)20(24)10-15-7-8-16(11-20)22(15)18(23)25-19(2,3)4/h5-6,9,15-16,24H,7-8,10-11H2,1-4H3. The average Bonchev–Trinajstić information content (AvgIpc) is 2.79. The van der Waals surface area contributed by atoms with Crippen molar-refractivity contribution < 1.29 is 14.6 Å². The van der Waals surface area contributed by atoms with Crippen molar-refractivity contribution >= 4 is 6.09 Å². The third kappa shape index (κ3) is 3.36. The Bertz CT molecular complexity index is 715. The summed E-state index contributed by atoms with van der Waals surface area (Å²) in [7, 11) is 0. The molecule has 1 aromatic carbocycles. The first-order valence-corrected chi connectivity index (χ1v) is 8.88. The lowest BCUT2D eigenvalue weighted by Gasteiger charge is -2.44. The second-order valence-corrected chi connectivity index (χ2v) is 8.35. The second kappa shape index (κ2) is 6.03. The lowest BCUT2D eigenvalue weighted by molar-refractivity contribution is -0.0627. The molecule has 5 nitrogen and oxygen atoms in total. The van der Waals surface area contributed by atoms with E-state index in [0.717, 1.165) is 24.0 Å². The van der Waals surface area contributed by atoms with Gasteiger partial charge in [0.15, 0.2) is 0 Å². The summed E-state index contributed by atoms with van der Waals surface area (Å²) in [6, 6.07) is 7.54. The van der Waals surface area contributed by atoms with Crippen molar-refractivity contribution in [2.75, 3.05) is 0 Å². The number of nitriles is 1. The molecule has 5 heteroatoms. The van der Waals surface area contributed by atoms with Crippen LogP contribution in [0.2, 0.25) is 0 Å². The van der Waals surface area contributed by atoms with Crippen LogP contribution in [0.1, 0.15) is 63.1 Å². The molecule has 0 saturated carbocycles. The molecule has 0 aliphatic carbocycles. The predicted octanol–water partition coefficient (Wildman–Crippen LogP) is 3.62. The fourth-order valence-corrected chi connectivity index (χ4v) is 4.25. The van der Waals surface area contributed by atoms with E-state index in [0.29, 0.717) is 18.4 Å². The van der Waals surface area contributed by atoms with Gasteiger partial charge in [0.05, 0.1) is 17.2 Å². The Hall–Kier alpha value is -2.06. The van der Waals surface area contributed by atoms with Gasteiger partial charge in [0.1, 0.15) is 5.60 Å². The quantitative estimate of drug-likeness (QED) is 0.846. The van der Waals surface area contributed by atoms with E-state index >= 15 is 0 Å². The largest absolute Gasteiger partial charge is 0.444 e. The fourth-order valence-electron chi connectivity index (χ4n) is 4.25. The van der Waals surface area contributed by atoms with Gasteiger partial charge in [-0.25, -0.2) is 4.79 Å². The number of nitrogens with zero attached hydrogens (tertiary/aromatic N) is 2. The molecule has 0 radical (unpaired) electrons. The average molecular weight is 342 g/mol. The summed E-state index contributed by atoms with van der Waals surface area (Å²) >= 11 is 0. The Labute approximate surface area is 149 Å². The molecule has 2 atom stereocenters. The van der Waals surface area contributed by atoms with E-state index in [1.807, 2.05) is 38.7 Å². The van der Waals surface area contributed by atoms with Crippen LogP contribution in [0.3, 0.4) is 0 Å². The van der Waals surface area contributed by atoms with Gasteiger partial charge in [0.2, 0.25) is 0 Å². The Kier molecular flexibility index (Phi) is 4.28. The number of ether oxygens (including phenoxy) is 1. The SMILES string of the molecule is Cc1ccc(C#N)cc1C1(O)CC2CCC(C1)N2C(=O)OC(C)(C)C. The summed E-state index contributed by atoms with van der Waals surface area (Å²) in [6.45, 7) is 7.55. The number of hydrogen-bond acceptors (Lipinski definition) is 4. The van der Waals surface area contributed by atoms with Gasteiger partial charge < -0.3 is 14.7 Å². The summed E-state index contributed by atoms with van der Waals surface area (Å²) in [5.74, 6) is 0. The molecule has 2 fully saturated rings. The van der Waals surface area contributed by atoms with Crippen molar-refractivity contribution in [2.45, 2.75) is 76.7 Å². The molecule has 0 spiro atoms. The van der Waals surface area contributed by atoms with Gasteiger partial charge in [0, 0.05) is 24.9 Å². The van der Waals surface area contributed by atoms with Crippen molar-refractivity contribution in [2.24, 2.45) is 0 Å². The molecule has 0 aromatic heterocycles. The minimum absolute atomic E-state index is 0.0243. The Balaban J connectivity index is 1.86. The van der Waals surface area contributed by atoms with E-state index in [9.17, 15) is 15.2 Å². The number of carbonyl (C=O) groups excluding carboxylic acids is 1. The van der Waals surface area contributed by atoms with Crippen molar-refractivity contribution in [1.82, 2.24) is 4.90 Å². The van der Waals surface area contributed by atoms with E-state index in [1.54, 1.807) is 12.1 Å². The highest BCUT2D eigenvalue weighted by Gasteiger charge is 2.51. The highest BCUT2D eigenvalue weighted by Crippen LogP contribution is 2.47. The van der Waals surface area contributed by atoms with E-state index in [1.165, 1.54) is 0 Å². The van der Waals surface area contributed by atoms with Gasteiger partial charge >= 0.3 is 6.09 Å². The van der Waals surface area contributed by atoms with Crippen LogP contribution in [0.25, 0.3) is 0 Å². The van der Waals surface area contributed by atoms with E-state index in [-0.39, 0.29) is 18.2 Å².